The van der Waals surface area contributed by atoms with Crippen LogP contribution in [0.2, 0.25) is 19.6 Å². The van der Waals surface area contributed by atoms with Crippen LogP contribution in [0, 0.1) is 11.5 Å². The van der Waals surface area contributed by atoms with E-state index in [1.165, 1.54) is 0 Å². The first-order valence-corrected chi connectivity index (χ1v) is 8.26. The number of unbranched alkanes of at least 4 members (excludes halogenated alkanes) is 1. The van der Waals surface area contributed by atoms with Crippen LogP contribution < -0.4 is 0 Å². The summed E-state index contributed by atoms with van der Waals surface area (Å²) in [5, 5.41) is 9.16. The van der Waals surface area contributed by atoms with E-state index in [9.17, 15) is 0 Å². The highest BCUT2D eigenvalue weighted by atomic mass is 28.3. The van der Waals surface area contributed by atoms with Crippen molar-refractivity contribution in [1.82, 2.24) is 0 Å². The Labute approximate surface area is 82.9 Å². The molecule has 0 heterocycles. The third-order valence-corrected chi connectivity index (χ3v) is 2.46. The van der Waals surface area contributed by atoms with Gasteiger partial charge in [0.25, 0.3) is 0 Å². The molecule has 1 nitrogen and oxygen atoms in total. The largest absolute Gasteiger partial charge is 0.389 e. The quantitative estimate of drug-likeness (QED) is 0.317. The zero-order chi connectivity index (χ0) is 10.3. The van der Waals surface area contributed by atoms with Crippen molar-refractivity contribution < 1.29 is 5.11 Å². The number of aliphatic hydroxyl groups excluding tert-OH is 1. The molecule has 0 aliphatic heterocycles. The van der Waals surface area contributed by atoms with Gasteiger partial charge in [0.05, 0.1) is 6.10 Å². The molecule has 0 spiro atoms. The molecule has 0 aromatic carbocycles. The minimum absolute atomic E-state index is 0.353. The Morgan fingerprint density at radius 2 is 2.08 bits per heavy atom. The highest BCUT2D eigenvalue weighted by Gasteiger charge is 2.06. The molecule has 0 aromatic rings. The van der Waals surface area contributed by atoms with Crippen LogP contribution in [0.5, 0.6) is 0 Å². The lowest BCUT2D eigenvalue weighted by Crippen LogP contribution is -2.16. The summed E-state index contributed by atoms with van der Waals surface area (Å²) in [6.45, 7) is 10.2. The second-order valence-electron chi connectivity index (χ2n) is 4.25. The monoisotopic (exact) mass is 196 g/mol. The molecule has 0 aliphatic rings. The van der Waals surface area contributed by atoms with Gasteiger partial charge in [-0.2, -0.15) is 0 Å². The first kappa shape index (κ1) is 12.5. The molecule has 2 heteroatoms. The molecule has 0 saturated heterocycles. The number of aliphatic hydroxyl groups is 1. The Balaban J connectivity index is 3.55. The number of hydrogen-bond donors (Lipinski definition) is 1. The van der Waals surface area contributed by atoms with Crippen molar-refractivity contribution in [2.45, 2.75) is 45.0 Å². The van der Waals surface area contributed by atoms with Crippen molar-refractivity contribution in [3.8, 4) is 11.5 Å². The van der Waals surface area contributed by atoms with Gasteiger partial charge in [0, 0.05) is 6.42 Å². The molecular weight excluding hydrogens is 176 g/mol. The summed E-state index contributed by atoms with van der Waals surface area (Å²) in [7, 11) is -1.19. The van der Waals surface area contributed by atoms with Crippen LogP contribution in [0.1, 0.15) is 19.3 Å². The standard InChI is InChI=1S/C11H20OSi/c1-5-11(12)9-7-6-8-10-13(2,3)4/h5,11-12H,1,6-7,9H2,2-4H3. The maximum Gasteiger partial charge on any atom is 0.129 e. The van der Waals surface area contributed by atoms with Crippen molar-refractivity contribution in [3.63, 3.8) is 0 Å². The van der Waals surface area contributed by atoms with E-state index >= 15 is 0 Å². The van der Waals surface area contributed by atoms with Gasteiger partial charge in [0.2, 0.25) is 0 Å². The maximum atomic E-state index is 9.16. The van der Waals surface area contributed by atoms with Crippen molar-refractivity contribution >= 4 is 8.07 Å². The molecule has 74 valence electrons. The van der Waals surface area contributed by atoms with Crippen molar-refractivity contribution in [3.05, 3.63) is 12.7 Å². The molecule has 0 aliphatic carbocycles. The smallest absolute Gasteiger partial charge is 0.129 e. The average Bonchev–Trinajstić information content (AvgIpc) is 2.01. The molecule has 0 bridgehead atoms. The van der Waals surface area contributed by atoms with Crippen LogP contribution in [-0.4, -0.2) is 19.3 Å². The fourth-order valence-corrected chi connectivity index (χ4v) is 1.50. The molecule has 13 heavy (non-hydrogen) atoms. The Morgan fingerprint density at radius 1 is 1.46 bits per heavy atom. The summed E-state index contributed by atoms with van der Waals surface area (Å²) < 4.78 is 0. The van der Waals surface area contributed by atoms with E-state index < -0.39 is 8.07 Å². The van der Waals surface area contributed by atoms with E-state index in [-0.39, 0.29) is 6.10 Å². The van der Waals surface area contributed by atoms with Gasteiger partial charge in [0.1, 0.15) is 8.07 Å². The molecule has 1 N–H and O–H groups in total. The summed E-state index contributed by atoms with van der Waals surface area (Å²) >= 11 is 0. The van der Waals surface area contributed by atoms with Gasteiger partial charge >= 0.3 is 0 Å². The SMILES string of the molecule is C=CC(O)CCCC#C[Si](C)(C)C. The van der Waals surface area contributed by atoms with Gasteiger partial charge in [-0.1, -0.05) is 25.7 Å². The number of hydrogen-bond acceptors (Lipinski definition) is 1. The third-order valence-electron chi connectivity index (χ3n) is 1.54. The predicted molar refractivity (Wildman–Crippen MR) is 61.2 cm³/mol. The summed E-state index contributed by atoms with van der Waals surface area (Å²) in [5.41, 5.74) is 3.30. The first-order valence-electron chi connectivity index (χ1n) is 4.76. The van der Waals surface area contributed by atoms with E-state index in [1.54, 1.807) is 6.08 Å². The second-order valence-corrected chi connectivity index (χ2v) is 9.00. The van der Waals surface area contributed by atoms with Crippen LogP contribution in [0.25, 0.3) is 0 Å². The highest BCUT2D eigenvalue weighted by Crippen LogP contribution is 2.02. The molecule has 0 fully saturated rings. The van der Waals surface area contributed by atoms with Gasteiger partial charge in [0.15, 0.2) is 0 Å². The molecule has 0 amide bonds. The van der Waals surface area contributed by atoms with Gasteiger partial charge in [-0.05, 0) is 12.8 Å². The highest BCUT2D eigenvalue weighted by molar-refractivity contribution is 6.83. The Morgan fingerprint density at radius 3 is 2.54 bits per heavy atom. The minimum Gasteiger partial charge on any atom is -0.389 e. The minimum atomic E-state index is -1.19. The van der Waals surface area contributed by atoms with Crippen LogP contribution in [0.15, 0.2) is 12.7 Å². The molecular formula is C11H20OSi. The van der Waals surface area contributed by atoms with E-state index in [1.807, 2.05) is 0 Å². The van der Waals surface area contributed by atoms with E-state index in [0.29, 0.717) is 0 Å². The Bertz CT molecular complexity index is 204. The second kappa shape index (κ2) is 6.01. The van der Waals surface area contributed by atoms with Crippen molar-refractivity contribution in [2.24, 2.45) is 0 Å². The van der Waals surface area contributed by atoms with Crippen LogP contribution >= 0.6 is 0 Å². The summed E-state index contributed by atoms with van der Waals surface area (Å²) in [6, 6.07) is 0. The van der Waals surface area contributed by atoms with Gasteiger partial charge in [-0.3, -0.25) is 0 Å². The molecule has 1 unspecified atom stereocenters. The zero-order valence-electron chi connectivity index (χ0n) is 8.93. The van der Waals surface area contributed by atoms with Gasteiger partial charge in [-0.15, -0.1) is 18.0 Å². The molecule has 0 saturated carbocycles. The zero-order valence-corrected chi connectivity index (χ0v) is 9.93. The predicted octanol–water partition coefficient (Wildman–Crippen LogP) is 2.58. The lowest BCUT2D eigenvalue weighted by atomic mass is 10.1. The lowest BCUT2D eigenvalue weighted by molar-refractivity contribution is 0.210. The number of rotatable bonds is 4. The molecule has 1 atom stereocenters. The fourth-order valence-electron chi connectivity index (χ4n) is 0.845. The van der Waals surface area contributed by atoms with Crippen molar-refractivity contribution in [1.29, 1.82) is 0 Å². The normalized spacial score (nSPS) is 12.9. The summed E-state index contributed by atoms with van der Waals surface area (Å²) in [5.74, 6) is 3.17. The van der Waals surface area contributed by atoms with Gasteiger partial charge < -0.3 is 5.11 Å². The first-order chi connectivity index (χ1) is 5.95. The average molecular weight is 196 g/mol. The van der Waals surface area contributed by atoms with Crippen LogP contribution in [-0.2, 0) is 0 Å². The Kier molecular flexibility index (Phi) is 5.77. The third kappa shape index (κ3) is 9.39. The topological polar surface area (TPSA) is 20.2 Å². The van der Waals surface area contributed by atoms with E-state index in [2.05, 4.69) is 37.7 Å². The Hall–Kier alpha value is -0.523. The van der Waals surface area contributed by atoms with Crippen molar-refractivity contribution in [2.75, 3.05) is 0 Å². The lowest BCUT2D eigenvalue weighted by Gasteiger charge is -2.04. The van der Waals surface area contributed by atoms with Gasteiger partial charge in [-0.25, -0.2) is 0 Å². The molecule has 0 radical (unpaired) electrons. The van der Waals surface area contributed by atoms with Crippen LogP contribution in [0.4, 0.5) is 0 Å². The van der Waals surface area contributed by atoms with Crippen LogP contribution in [0.3, 0.4) is 0 Å². The maximum absolute atomic E-state index is 9.16. The molecule has 0 aromatic heterocycles. The van der Waals surface area contributed by atoms with E-state index in [4.69, 9.17) is 5.11 Å². The summed E-state index contributed by atoms with van der Waals surface area (Å²) in [4.78, 5) is 0. The summed E-state index contributed by atoms with van der Waals surface area (Å²) in [6.07, 6.45) is 3.86. The van der Waals surface area contributed by atoms with E-state index in [0.717, 1.165) is 19.3 Å². The fraction of sp³-hybridized carbons (Fsp3) is 0.636. The molecule has 0 rings (SSSR count).